The van der Waals surface area contributed by atoms with Gasteiger partial charge in [-0.2, -0.15) is 0 Å². The lowest BCUT2D eigenvalue weighted by atomic mass is 10.1. The Balaban J connectivity index is 1.82. The molecule has 2 aromatic rings. The average Bonchev–Trinajstić information content (AvgIpc) is 2.42. The number of nitrogen functional groups attached to an aromatic ring is 1. The number of nitrogens with two attached hydrogens (primary N) is 1. The molecule has 4 heteroatoms. The molecular formula is C14H17N3O. The van der Waals surface area contributed by atoms with Gasteiger partial charge in [0.25, 0.3) is 0 Å². The number of aromatic nitrogens is 1. The number of nitrogens with one attached hydrogen (secondary N) is 1. The summed E-state index contributed by atoms with van der Waals surface area (Å²) in [5, 5.41) is 3.25. The number of nitrogens with zero attached hydrogens (tertiary/aromatic N) is 1. The van der Waals surface area contributed by atoms with Gasteiger partial charge in [0.15, 0.2) is 0 Å². The molecule has 0 spiro atoms. The van der Waals surface area contributed by atoms with Crippen LogP contribution >= 0.6 is 0 Å². The van der Waals surface area contributed by atoms with E-state index in [0.29, 0.717) is 5.69 Å². The largest absolute Gasteiger partial charge is 0.497 e. The van der Waals surface area contributed by atoms with Crippen molar-refractivity contribution in [1.29, 1.82) is 0 Å². The van der Waals surface area contributed by atoms with Crippen molar-refractivity contribution in [2.24, 2.45) is 0 Å². The van der Waals surface area contributed by atoms with E-state index in [9.17, 15) is 0 Å². The van der Waals surface area contributed by atoms with Gasteiger partial charge in [0.2, 0.25) is 0 Å². The van der Waals surface area contributed by atoms with Crippen LogP contribution in [-0.4, -0.2) is 18.6 Å². The van der Waals surface area contributed by atoms with Crippen LogP contribution in [0, 0.1) is 0 Å². The minimum Gasteiger partial charge on any atom is -0.497 e. The van der Waals surface area contributed by atoms with Gasteiger partial charge >= 0.3 is 0 Å². The van der Waals surface area contributed by atoms with Gasteiger partial charge in [0, 0.05) is 6.54 Å². The van der Waals surface area contributed by atoms with Crippen molar-refractivity contribution in [3.8, 4) is 5.75 Å². The molecule has 0 atom stereocenters. The van der Waals surface area contributed by atoms with E-state index in [0.717, 1.165) is 24.5 Å². The Kier molecular flexibility index (Phi) is 4.02. The van der Waals surface area contributed by atoms with E-state index in [2.05, 4.69) is 22.4 Å². The highest BCUT2D eigenvalue weighted by Crippen LogP contribution is 2.12. The third kappa shape index (κ3) is 3.38. The second-order valence-corrected chi connectivity index (χ2v) is 4.00. The number of hydrogen-bond acceptors (Lipinski definition) is 4. The monoisotopic (exact) mass is 243 g/mol. The molecule has 0 radical (unpaired) electrons. The van der Waals surface area contributed by atoms with Crippen LogP contribution < -0.4 is 15.8 Å². The second kappa shape index (κ2) is 5.91. The molecule has 18 heavy (non-hydrogen) atoms. The van der Waals surface area contributed by atoms with Gasteiger partial charge in [-0.05, 0) is 36.2 Å². The molecule has 94 valence electrons. The SMILES string of the molecule is COc1ccc(CCNc2ccc(N)cn2)cc1. The zero-order chi connectivity index (χ0) is 12.8. The molecule has 0 aliphatic heterocycles. The molecule has 3 N–H and O–H groups in total. The number of methoxy groups -OCH3 is 1. The number of benzene rings is 1. The van der Waals surface area contributed by atoms with Gasteiger partial charge in [0.1, 0.15) is 11.6 Å². The first kappa shape index (κ1) is 12.2. The Bertz CT molecular complexity index is 479. The van der Waals surface area contributed by atoms with E-state index in [1.807, 2.05) is 24.3 Å². The topological polar surface area (TPSA) is 60.2 Å². The van der Waals surface area contributed by atoms with Crippen molar-refractivity contribution < 1.29 is 4.74 Å². The normalized spacial score (nSPS) is 10.1. The summed E-state index contributed by atoms with van der Waals surface area (Å²) in [4.78, 5) is 4.18. The van der Waals surface area contributed by atoms with Gasteiger partial charge in [0.05, 0.1) is 19.0 Å². The first-order valence-corrected chi connectivity index (χ1v) is 5.86. The average molecular weight is 243 g/mol. The molecule has 1 heterocycles. The fourth-order valence-corrected chi connectivity index (χ4v) is 1.64. The number of pyridine rings is 1. The quantitative estimate of drug-likeness (QED) is 0.846. The van der Waals surface area contributed by atoms with Crippen molar-refractivity contribution in [3.05, 3.63) is 48.2 Å². The molecule has 2 rings (SSSR count). The molecular weight excluding hydrogens is 226 g/mol. The predicted octanol–water partition coefficient (Wildman–Crippen LogP) is 2.33. The van der Waals surface area contributed by atoms with Gasteiger partial charge in [-0.1, -0.05) is 12.1 Å². The van der Waals surface area contributed by atoms with E-state index >= 15 is 0 Å². The van der Waals surface area contributed by atoms with Crippen LogP contribution in [0.25, 0.3) is 0 Å². The van der Waals surface area contributed by atoms with Gasteiger partial charge in [-0.3, -0.25) is 0 Å². The molecule has 0 saturated carbocycles. The maximum atomic E-state index is 5.57. The summed E-state index contributed by atoms with van der Waals surface area (Å²) >= 11 is 0. The van der Waals surface area contributed by atoms with Crippen LogP contribution in [0.4, 0.5) is 11.5 Å². The minimum absolute atomic E-state index is 0.677. The highest BCUT2D eigenvalue weighted by Gasteiger charge is 1.96. The summed E-state index contributed by atoms with van der Waals surface area (Å²) in [5.74, 6) is 1.73. The second-order valence-electron chi connectivity index (χ2n) is 4.00. The smallest absolute Gasteiger partial charge is 0.126 e. The predicted molar refractivity (Wildman–Crippen MR) is 73.8 cm³/mol. The molecule has 0 saturated heterocycles. The lowest BCUT2D eigenvalue weighted by Gasteiger charge is -2.06. The summed E-state index contributed by atoms with van der Waals surface area (Å²) in [6, 6.07) is 11.8. The number of ether oxygens (including phenoxy) is 1. The maximum absolute atomic E-state index is 5.57. The Hall–Kier alpha value is -2.23. The summed E-state index contributed by atoms with van der Waals surface area (Å²) in [6.07, 6.45) is 2.59. The van der Waals surface area contributed by atoms with Crippen LogP contribution in [0.3, 0.4) is 0 Å². The summed E-state index contributed by atoms with van der Waals surface area (Å²) in [6.45, 7) is 0.837. The summed E-state index contributed by atoms with van der Waals surface area (Å²) < 4.78 is 5.12. The first-order chi connectivity index (χ1) is 8.78. The Morgan fingerprint density at radius 1 is 1.17 bits per heavy atom. The molecule has 0 aliphatic rings. The minimum atomic E-state index is 0.677. The molecule has 0 aliphatic carbocycles. The van der Waals surface area contributed by atoms with Gasteiger partial charge in [-0.15, -0.1) is 0 Å². The number of rotatable bonds is 5. The van der Waals surface area contributed by atoms with Crippen molar-refractivity contribution in [3.63, 3.8) is 0 Å². The lowest BCUT2D eigenvalue weighted by Crippen LogP contribution is -2.06. The van der Waals surface area contributed by atoms with Crippen LogP contribution in [0.1, 0.15) is 5.56 Å². The van der Waals surface area contributed by atoms with E-state index in [4.69, 9.17) is 10.5 Å². The third-order valence-electron chi connectivity index (χ3n) is 2.67. The molecule has 1 aromatic heterocycles. The highest BCUT2D eigenvalue weighted by molar-refractivity contribution is 5.43. The fourth-order valence-electron chi connectivity index (χ4n) is 1.64. The lowest BCUT2D eigenvalue weighted by molar-refractivity contribution is 0.414. The molecule has 4 nitrogen and oxygen atoms in total. The van der Waals surface area contributed by atoms with Crippen LogP contribution in [-0.2, 0) is 6.42 Å². The van der Waals surface area contributed by atoms with Crippen molar-refractivity contribution in [2.45, 2.75) is 6.42 Å². The third-order valence-corrected chi connectivity index (χ3v) is 2.67. The summed E-state index contributed by atoms with van der Waals surface area (Å²) in [7, 11) is 1.67. The highest BCUT2D eigenvalue weighted by atomic mass is 16.5. The van der Waals surface area contributed by atoms with Crippen LogP contribution in [0.15, 0.2) is 42.6 Å². The molecule has 0 unspecified atom stereocenters. The number of anilines is 2. The van der Waals surface area contributed by atoms with Crippen LogP contribution in [0.2, 0.25) is 0 Å². The van der Waals surface area contributed by atoms with E-state index in [-0.39, 0.29) is 0 Å². The van der Waals surface area contributed by atoms with E-state index in [1.165, 1.54) is 5.56 Å². The first-order valence-electron chi connectivity index (χ1n) is 5.86. The van der Waals surface area contributed by atoms with Crippen molar-refractivity contribution >= 4 is 11.5 Å². The van der Waals surface area contributed by atoms with E-state index < -0.39 is 0 Å². The Morgan fingerprint density at radius 3 is 2.56 bits per heavy atom. The number of hydrogen-bond donors (Lipinski definition) is 2. The maximum Gasteiger partial charge on any atom is 0.126 e. The molecule has 0 fully saturated rings. The van der Waals surface area contributed by atoms with E-state index in [1.54, 1.807) is 13.3 Å². The van der Waals surface area contributed by atoms with Crippen molar-refractivity contribution in [2.75, 3.05) is 24.7 Å². The Labute approximate surface area is 107 Å². The molecule has 1 aromatic carbocycles. The fraction of sp³-hybridized carbons (Fsp3) is 0.214. The summed E-state index contributed by atoms with van der Waals surface area (Å²) in [5.41, 5.74) is 7.51. The van der Waals surface area contributed by atoms with Gasteiger partial charge < -0.3 is 15.8 Å². The molecule has 0 amide bonds. The zero-order valence-electron chi connectivity index (χ0n) is 10.4. The van der Waals surface area contributed by atoms with Crippen LogP contribution in [0.5, 0.6) is 5.75 Å². The molecule has 0 bridgehead atoms. The van der Waals surface area contributed by atoms with Gasteiger partial charge in [-0.25, -0.2) is 4.98 Å². The zero-order valence-corrected chi connectivity index (χ0v) is 10.4. The van der Waals surface area contributed by atoms with Crippen molar-refractivity contribution in [1.82, 2.24) is 4.98 Å². The standard InChI is InChI=1S/C14H17N3O/c1-18-13-5-2-11(3-6-13)8-9-16-14-7-4-12(15)10-17-14/h2-7,10H,8-9,15H2,1H3,(H,16,17). The Morgan fingerprint density at radius 2 is 1.94 bits per heavy atom.